The van der Waals surface area contributed by atoms with Crippen molar-refractivity contribution in [1.82, 2.24) is 15.6 Å². The number of aromatic hydroxyl groups is 1. The molecule has 0 aromatic heterocycles. The number of allylic oxidation sites excluding steroid dienone is 1. The number of ketones is 2. The zero-order valence-corrected chi connectivity index (χ0v) is 26.1. The van der Waals surface area contributed by atoms with Gasteiger partial charge in [-0.05, 0) is 55.3 Å². The van der Waals surface area contributed by atoms with Crippen molar-refractivity contribution in [3.05, 3.63) is 86.2 Å². The molecule has 0 saturated carbocycles. The number of phenols is 1. The van der Waals surface area contributed by atoms with E-state index in [1.807, 2.05) is 30.3 Å². The van der Waals surface area contributed by atoms with Crippen molar-refractivity contribution in [2.45, 2.75) is 31.0 Å². The number of Topliss-reactive ketones (excluding diaryl/α,β-unsaturated/α-hetero) is 2. The van der Waals surface area contributed by atoms with E-state index in [0.29, 0.717) is 17.8 Å². The smallest absolute Gasteiger partial charge is 0.349 e. The first-order chi connectivity index (χ1) is 22.2. The number of rotatable bonds is 7. The Bertz CT molecular complexity index is 1800. The number of aliphatic hydroxyl groups excluding tert-OH is 2. The minimum absolute atomic E-state index is 0.0311. The number of carbonyl (C=O) groups is 3. The lowest BCUT2D eigenvalue weighted by molar-refractivity contribution is -0.148. The largest absolute Gasteiger partial charge is 0.510 e. The van der Waals surface area contributed by atoms with Crippen molar-refractivity contribution in [3.8, 4) is 5.75 Å². The van der Waals surface area contributed by atoms with E-state index >= 15 is 0 Å². The number of aliphatic hydroxyl groups is 3. The van der Waals surface area contributed by atoms with Crippen molar-refractivity contribution in [3.63, 3.8) is 0 Å². The van der Waals surface area contributed by atoms with Crippen molar-refractivity contribution in [2.24, 2.45) is 17.1 Å². The molecule has 0 spiro atoms. The molecule has 0 heterocycles. The van der Waals surface area contributed by atoms with E-state index in [-0.39, 0.29) is 35.6 Å². The van der Waals surface area contributed by atoms with Crippen molar-refractivity contribution in [1.29, 1.82) is 5.41 Å². The van der Waals surface area contributed by atoms with Crippen LogP contribution >= 0.6 is 0 Å². The molecule has 0 aliphatic heterocycles. The lowest BCUT2D eigenvalue weighted by Gasteiger charge is -2.50. The van der Waals surface area contributed by atoms with Gasteiger partial charge in [0.05, 0.1) is 17.3 Å². The van der Waals surface area contributed by atoms with E-state index in [9.17, 15) is 34.8 Å². The van der Waals surface area contributed by atoms with Gasteiger partial charge in [-0.3, -0.25) is 19.9 Å². The summed E-state index contributed by atoms with van der Waals surface area (Å²) in [5, 5.41) is 63.2. The van der Waals surface area contributed by atoms with Crippen LogP contribution < -0.4 is 21.0 Å². The van der Waals surface area contributed by atoms with Crippen molar-refractivity contribution >= 4 is 34.8 Å². The Balaban J connectivity index is 1.59. The second kappa shape index (κ2) is 12.3. The second-order valence-electron chi connectivity index (χ2n) is 12.1. The van der Waals surface area contributed by atoms with Crippen LogP contribution in [-0.4, -0.2) is 88.6 Å². The Morgan fingerprint density at radius 2 is 1.83 bits per heavy atom. The molecular weight excluding hydrogens is 610 g/mol. The Labute approximate surface area is 269 Å². The predicted molar refractivity (Wildman–Crippen MR) is 171 cm³/mol. The summed E-state index contributed by atoms with van der Waals surface area (Å²) in [7, 11) is 6.58. The van der Waals surface area contributed by atoms with E-state index in [1.54, 1.807) is 44.6 Å². The van der Waals surface area contributed by atoms with Gasteiger partial charge in [-0.1, -0.05) is 30.3 Å². The molecule has 3 aliphatic rings. The Kier molecular flexibility index (Phi) is 8.60. The van der Waals surface area contributed by atoms with E-state index in [0.717, 1.165) is 5.56 Å². The van der Waals surface area contributed by atoms with Crippen LogP contribution in [0.4, 0.5) is 11.4 Å². The van der Waals surface area contributed by atoms with Gasteiger partial charge in [0.25, 0.3) is 0 Å². The molecule has 2 aromatic rings. The van der Waals surface area contributed by atoms with Gasteiger partial charge in [0.1, 0.15) is 17.1 Å². The Morgan fingerprint density at radius 1 is 1.15 bits per heavy atom. The number of anilines is 2. The van der Waals surface area contributed by atoms with Crippen LogP contribution in [0.15, 0.2) is 64.3 Å². The zero-order valence-electron chi connectivity index (χ0n) is 26.1. The van der Waals surface area contributed by atoms with Gasteiger partial charge in [-0.2, -0.15) is 10.3 Å². The molecule has 3 aliphatic carbocycles. The lowest BCUT2D eigenvalue weighted by atomic mass is 9.58. The fourth-order valence-corrected chi connectivity index (χ4v) is 6.86. The molecule has 47 heavy (non-hydrogen) atoms. The number of azide groups is 1. The third kappa shape index (κ3) is 5.37. The summed E-state index contributed by atoms with van der Waals surface area (Å²) in [4.78, 5) is 46.4. The van der Waals surface area contributed by atoms with Crippen molar-refractivity contribution in [2.75, 3.05) is 38.4 Å². The predicted octanol–water partition coefficient (Wildman–Crippen LogP) is 2.18. The number of carbonyl (C=O) groups excluding carboxylic acids is 3. The number of benzene rings is 2. The van der Waals surface area contributed by atoms with Crippen LogP contribution in [0.3, 0.4) is 0 Å². The van der Waals surface area contributed by atoms with Gasteiger partial charge in [-0.15, -0.1) is 5.53 Å². The van der Waals surface area contributed by atoms with Gasteiger partial charge in [-0.25, -0.2) is 4.79 Å². The molecule has 0 saturated heterocycles. The van der Waals surface area contributed by atoms with Crippen LogP contribution in [0.2, 0.25) is 0 Å². The number of fused-ring (bicyclic) bond motifs is 3. The van der Waals surface area contributed by atoms with Gasteiger partial charge in [0.15, 0.2) is 23.1 Å². The number of nitrogens with zero attached hydrogens (tertiary/aromatic N) is 5. The quantitative estimate of drug-likeness (QED) is 0.0317. The van der Waals surface area contributed by atoms with E-state index in [2.05, 4.69) is 20.8 Å². The summed E-state index contributed by atoms with van der Waals surface area (Å²) < 4.78 is 0. The van der Waals surface area contributed by atoms with Gasteiger partial charge >= 0.3 is 5.91 Å². The average molecular weight is 646 g/mol. The molecule has 0 radical (unpaired) electrons. The number of likely N-dealkylation sites (N-methyl/N-ethyl adjacent to an activating group) is 1. The van der Waals surface area contributed by atoms with Crippen molar-refractivity contribution < 1.29 is 34.8 Å². The molecule has 1 amide bonds. The van der Waals surface area contributed by atoms with Gasteiger partial charge in [0.2, 0.25) is 5.78 Å². The van der Waals surface area contributed by atoms with E-state index in [4.69, 9.17) is 10.9 Å². The Morgan fingerprint density at radius 3 is 2.45 bits per heavy atom. The van der Waals surface area contributed by atoms with Crippen LogP contribution in [0.1, 0.15) is 27.9 Å². The summed E-state index contributed by atoms with van der Waals surface area (Å²) in [6.45, 7) is 0.314. The fraction of sp³-hybridized carbons (Fsp3) is 0.355. The highest BCUT2D eigenvalue weighted by Crippen LogP contribution is 2.54. The van der Waals surface area contributed by atoms with Crippen LogP contribution in [-0.2, 0) is 22.6 Å². The van der Waals surface area contributed by atoms with E-state index in [1.165, 1.54) is 4.90 Å². The van der Waals surface area contributed by atoms with Crippen LogP contribution in [0.25, 0.3) is 10.4 Å². The highest BCUT2D eigenvalue weighted by molar-refractivity contribution is 6.25. The summed E-state index contributed by atoms with van der Waals surface area (Å²) in [6, 6.07) is 9.79. The summed E-state index contributed by atoms with van der Waals surface area (Å²) in [6.07, 6.45) is 0.0494. The standard InChI is InChI=1S/C31H35N9O7/c1-39(2)19-12-18(35-30(32)34-13-14-8-6-5-7-9-14)24(41)21-16(19)10-15-11-17-23(40(3)4)26(43)22(29(46)36-38-37-33)28(45)31(17,47)27(44)20(15)25(21)42/h5-9,12,15,17,23,41,43-44,47H,10-11,13H2,1-4H3,(H,36,46)(H3,32,34,35)/t15-,17-,23?,31-/m0/s1. The molecule has 8 N–H and O–H groups in total. The first-order valence-electron chi connectivity index (χ1n) is 14.6. The molecule has 0 fully saturated rings. The normalized spacial score (nSPS) is 23.3. The number of nitrogens with one attached hydrogen (secondary N) is 4. The van der Waals surface area contributed by atoms with E-state index < -0.39 is 63.8 Å². The maximum absolute atomic E-state index is 14.2. The topological polar surface area (TPSA) is 247 Å². The van der Waals surface area contributed by atoms with Gasteiger partial charge in [0, 0.05) is 37.8 Å². The third-order valence-corrected chi connectivity index (χ3v) is 8.93. The maximum atomic E-state index is 14.2. The Hall–Kier alpha value is -5.57. The first-order valence-corrected chi connectivity index (χ1v) is 14.6. The average Bonchev–Trinajstić information content (AvgIpc) is 3.02. The summed E-state index contributed by atoms with van der Waals surface area (Å²) in [5.41, 5.74) is 8.08. The third-order valence-electron chi connectivity index (χ3n) is 8.93. The summed E-state index contributed by atoms with van der Waals surface area (Å²) in [5.74, 6) is -7.81. The molecule has 2 aromatic carbocycles. The lowest BCUT2D eigenvalue weighted by Crippen LogP contribution is -2.63. The monoisotopic (exact) mass is 645 g/mol. The number of phenolic OH excluding ortho intramolecular Hbond substituents is 1. The molecular formula is C31H35N9O7. The van der Waals surface area contributed by atoms with Crippen LogP contribution in [0.5, 0.6) is 5.75 Å². The minimum atomic E-state index is -2.82. The number of hydrogen-bond acceptors (Lipinski definition) is 11. The molecule has 4 atom stereocenters. The fourth-order valence-electron chi connectivity index (χ4n) is 6.86. The highest BCUT2D eigenvalue weighted by Gasteiger charge is 2.64. The molecule has 1 unspecified atom stereocenters. The summed E-state index contributed by atoms with van der Waals surface area (Å²) >= 11 is 0. The SMILES string of the molecule is CN(C)c1cc(NC(=N)NCc2ccccc2)c(O)c2c1C[C@H]1C[C@H]3C(N(C)C)C(O)=C(C(=O)NN=[N+]=[N-])C(=O)[C@@]3(O)C(O)=C1C2=O. The molecule has 5 rings (SSSR count). The molecule has 16 heteroatoms. The highest BCUT2D eigenvalue weighted by atomic mass is 16.3. The maximum Gasteiger partial charge on any atom is 0.349 e. The first kappa shape index (κ1) is 32.8. The van der Waals surface area contributed by atoms with Gasteiger partial charge < -0.3 is 36.0 Å². The number of amides is 1. The second-order valence-corrected chi connectivity index (χ2v) is 12.1. The zero-order chi connectivity index (χ0) is 34.4. The molecule has 246 valence electrons. The minimum Gasteiger partial charge on any atom is -0.510 e. The molecule has 0 bridgehead atoms. The molecule has 16 nitrogen and oxygen atoms in total. The number of hydrogen-bond donors (Lipinski definition) is 8. The number of guanidine groups is 1. The van der Waals surface area contributed by atoms with Crippen LogP contribution in [0, 0.1) is 17.2 Å².